The van der Waals surface area contributed by atoms with Crippen LogP contribution in [-0.2, 0) is 9.47 Å². The van der Waals surface area contributed by atoms with Gasteiger partial charge in [0.1, 0.15) is 12.4 Å². The van der Waals surface area contributed by atoms with Crippen molar-refractivity contribution in [1.82, 2.24) is 10.2 Å². The summed E-state index contributed by atoms with van der Waals surface area (Å²) in [5, 5.41) is 5.21. The maximum absolute atomic E-state index is 13.0. The lowest BCUT2D eigenvalue weighted by Gasteiger charge is -2.34. The highest BCUT2D eigenvalue weighted by atomic mass is 32.1. The Balaban J connectivity index is 1.40. The molecular weight excluding hydrogens is 388 g/mol. The molecule has 7 heteroatoms. The molecular formula is C22H28N2O4S. The van der Waals surface area contributed by atoms with Crippen LogP contribution in [0.4, 0.5) is 0 Å². The fourth-order valence-electron chi connectivity index (χ4n) is 3.80. The van der Waals surface area contributed by atoms with Gasteiger partial charge in [0.05, 0.1) is 30.9 Å². The highest BCUT2D eigenvalue weighted by molar-refractivity contribution is 7.10. The molecule has 1 N–H and O–H groups in total. The van der Waals surface area contributed by atoms with E-state index in [9.17, 15) is 4.79 Å². The van der Waals surface area contributed by atoms with Crippen molar-refractivity contribution in [1.29, 1.82) is 0 Å². The van der Waals surface area contributed by atoms with Crippen LogP contribution in [0.3, 0.4) is 0 Å². The van der Waals surface area contributed by atoms with E-state index < -0.39 is 0 Å². The van der Waals surface area contributed by atoms with Gasteiger partial charge in [0.2, 0.25) is 0 Å². The molecule has 29 heavy (non-hydrogen) atoms. The van der Waals surface area contributed by atoms with Crippen molar-refractivity contribution in [2.24, 2.45) is 0 Å². The number of morpholine rings is 1. The van der Waals surface area contributed by atoms with Crippen molar-refractivity contribution in [2.75, 3.05) is 46.1 Å². The second kappa shape index (κ2) is 10.2. The Labute approximate surface area is 175 Å². The van der Waals surface area contributed by atoms with Crippen LogP contribution < -0.4 is 10.1 Å². The number of hydrogen-bond acceptors (Lipinski definition) is 6. The molecule has 0 saturated carbocycles. The molecule has 0 radical (unpaired) electrons. The number of amides is 1. The molecule has 4 rings (SSSR count). The van der Waals surface area contributed by atoms with E-state index >= 15 is 0 Å². The molecule has 2 aliphatic rings. The molecule has 0 spiro atoms. The molecule has 0 aliphatic carbocycles. The maximum atomic E-state index is 13.0. The Hall–Kier alpha value is -1.93. The normalized spacial score (nSPS) is 21.0. The van der Waals surface area contributed by atoms with Gasteiger partial charge in [-0.05, 0) is 36.4 Å². The second-order valence-electron chi connectivity index (χ2n) is 7.33. The van der Waals surface area contributed by atoms with Crippen molar-refractivity contribution < 1.29 is 19.0 Å². The lowest BCUT2D eigenvalue weighted by atomic mass is 10.1. The van der Waals surface area contributed by atoms with Gasteiger partial charge in [0.25, 0.3) is 5.91 Å². The first-order chi connectivity index (χ1) is 14.3. The van der Waals surface area contributed by atoms with Crippen LogP contribution in [0.25, 0.3) is 0 Å². The third-order valence-electron chi connectivity index (χ3n) is 5.39. The molecule has 6 nitrogen and oxygen atoms in total. The van der Waals surface area contributed by atoms with Gasteiger partial charge >= 0.3 is 0 Å². The summed E-state index contributed by atoms with van der Waals surface area (Å²) in [5.74, 6) is 0.502. The Bertz CT molecular complexity index is 771. The van der Waals surface area contributed by atoms with Gasteiger partial charge in [-0.3, -0.25) is 9.69 Å². The number of carbonyl (C=O) groups is 1. The van der Waals surface area contributed by atoms with Crippen molar-refractivity contribution in [3.05, 3.63) is 52.2 Å². The summed E-state index contributed by atoms with van der Waals surface area (Å²) in [6, 6.07) is 11.8. The Morgan fingerprint density at radius 2 is 2.07 bits per heavy atom. The quantitative estimate of drug-likeness (QED) is 0.717. The van der Waals surface area contributed by atoms with E-state index in [1.54, 1.807) is 11.3 Å². The molecule has 1 amide bonds. The summed E-state index contributed by atoms with van der Waals surface area (Å²) in [7, 11) is 0. The smallest absolute Gasteiger partial charge is 0.255 e. The Morgan fingerprint density at radius 1 is 1.21 bits per heavy atom. The number of para-hydroxylation sites is 1. The molecule has 2 saturated heterocycles. The summed E-state index contributed by atoms with van der Waals surface area (Å²) < 4.78 is 17.0. The minimum absolute atomic E-state index is 0.109. The first-order valence-corrected chi connectivity index (χ1v) is 11.2. The van der Waals surface area contributed by atoms with Crippen LogP contribution in [0, 0.1) is 0 Å². The average molecular weight is 417 g/mol. The topological polar surface area (TPSA) is 60.0 Å². The highest BCUT2D eigenvalue weighted by Crippen LogP contribution is 2.26. The molecule has 2 fully saturated rings. The average Bonchev–Trinajstić information content (AvgIpc) is 3.48. The lowest BCUT2D eigenvalue weighted by Crippen LogP contribution is -2.43. The van der Waals surface area contributed by atoms with E-state index in [2.05, 4.69) is 27.7 Å². The van der Waals surface area contributed by atoms with Crippen LogP contribution in [0.15, 0.2) is 41.8 Å². The number of benzene rings is 1. The second-order valence-corrected chi connectivity index (χ2v) is 8.31. The molecule has 1 aromatic heterocycles. The van der Waals surface area contributed by atoms with E-state index in [1.165, 1.54) is 4.88 Å². The molecule has 156 valence electrons. The number of ether oxygens (including phenoxy) is 3. The van der Waals surface area contributed by atoms with Gasteiger partial charge < -0.3 is 19.5 Å². The van der Waals surface area contributed by atoms with E-state index in [4.69, 9.17) is 14.2 Å². The zero-order chi connectivity index (χ0) is 19.9. The van der Waals surface area contributed by atoms with E-state index in [0.29, 0.717) is 24.5 Å². The number of nitrogens with one attached hydrogen (secondary N) is 1. The molecule has 2 aromatic rings. The zero-order valence-electron chi connectivity index (χ0n) is 16.5. The fraction of sp³-hybridized carbons (Fsp3) is 0.500. The van der Waals surface area contributed by atoms with Gasteiger partial charge in [-0.2, -0.15) is 0 Å². The minimum atomic E-state index is -0.109. The van der Waals surface area contributed by atoms with Gasteiger partial charge in [-0.25, -0.2) is 0 Å². The summed E-state index contributed by atoms with van der Waals surface area (Å²) >= 11 is 1.73. The largest absolute Gasteiger partial charge is 0.490 e. The molecule has 2 unspecified atom stereocenters. The molecule has 0 bridgehead atoms. The molecule has 1 aromatic carbocycles. The molecule has 2 aliphatic heterocycles. The predicted octanol–water partition coefficient (Wildman–Crippen LogP) is 3.11. The van der Waals surface area contributed by atoms with Crippen molar-refractivity contribution in [3.63, 3.8) is 0 Å². The first-order valence-electron chi connectivity index (χ1n) is 10.3. The van der Waals surface area contributed by atoms with Crippen LogP contribution in [0.5, 0.6) is 5.75 Å². The molecule has 3 heterocycles. The standard InChI is InChI=1S/C22H28N2O4S/c25-22(18-6-1-2-7-20(18)28-16-17-5-3-11-27-17)23-15-19(21-8-4-14-29-21)24-9-12-26-13-10-24/h1-2,4,6-8,14,17,19H,3,5,9-13,15-16H2,(H,23,25). The van der Waals surface area contributed by atoms with Crippen molar-refractivity contribution >= 4 is 17.2 Å². The van der Waals surface area contributed by atoms with Crippen LogP contribution >= 0.6 is 11.3 Å². The van der Waals surface area contributed by atoms with Gasteiger partial charge in [-0.15, -0.1) is 11.3 Å². The van der Waals surface area contributed by atoms with Crippen molar-refractivity contribution in [2.45, 2.75) is 25.0 Å². The SMILES string of the molecule is O=C(NCC(c1cccs1)N1CCOCC1)c1ccccc1OCC1CCCO1. The summed E-state index contributed by atoms with van der Waals surface area (Å²) in [6.07, 6.45) is 2.20. The van der Waals surface area contributed by atoms with E-state index in [1.807, 2.05) is 24.3 Å². The predicted molar refractivity (Wildman–Crippen MR) is 113 cm³/mol. The lowest BCUT2D eigenvalue weighted by molar-refractivity contribution is 0.0169. The monoisotopic (exact) mass is 416 g/mol. The third kappa shape index (κ3) is 5.36. The number of hydrogen-bond donors (Lipinski definition) is 1. The Kier molecular flexibility index (Phi) is 7.16. The number of rotatable bonds is 8. The first kappa shape index (κ1) is 20.3. The number of carbonyl (C=O) groups excluding carboxylic acids is 1. The van der Waals surface area contributed by atoms with Gasteiger partial charge in [0, 0.05) is 31.1 Å². The molecule has 2 atom stereocenters. The van der Waals surface area contributed by atoms with E-state index in [0.717, 1.165) is 45.8 Å². The minimum Gasteiger partial charge on any atom is -0.490 e. The van der Waals surface area contributed by atoms with Gasteiger partial charge in [0.15, 0.2) is 0 Å². The van der Waals surface area contributed by atoms with Gasteiger partial charge in [-0.1, -0.05) is 18.2 Å². The van der Waals surface area contributed by atoms with Crippen LogP contribution in [0.2, 0.25) is 0 Å². The summed E-state index contributed by atoms with van der Waals surface area (Å²) in [5.41, 5.74) is 0.567. The summed E-state index contributed by atoms with van der Waals surface area (Å²) in [4.78, 5) is 16.6. The Morgan fingerprint density at radius 3 is 2.83 bits per heavy atom. The van der Waals surface area contributed by atoms with Crippen LogP contribution in [-0.4, -0.2) is 63.0 Å². The number of thiophene rings is 1. The third-order valence-corrected chi connectivity index (χ3v) is 6.37. The van der Waals surface area contributed by atoms with Crippen LogP contribution in [0.1, 0.15) is 34.1 Å². The highest BCUT2D eigenvalue weighted by Gasteiger charge is 2.25. The zero-order valence-corrected chi connectivity index (χ0v) is 17.4. The number of nitrogens with zero attached hydrogens (tertiary/aromatic N) is 1. The summed E-state index contributed by atoms with van der Waals surface area (Å²) in [6.45, 7) is 5.04. The maximum Gasteiger partial charge on any atom is 0.255 e. The fourth-order valence-corrected chi connectivity index (χ4v) is 4.66. The van der Waals surface area contributed by atoms with Crippen molar-refractivity contribution in [3.8, 4) is 5.75 Å². The van der Waals surface area contributed by atoms with E-state index in [-0.39, 0.29) is 18.1 Å².